The van der Waals surface area contributed by atoms with Crippen LogP contribution in [0.1, 0.15) is 19.3 Å². The van der Waals surface area contributed by atoms with Crippen LogP contribution in [0.3, 0.4) is 0 Å². The third-order valence-corrected chi connectivity index (χ3v) is 4.77. The summed E-state index contributed by atoms with van der Waals surface area (Å²) in [5, 5.41) is 0. The first-order valence-corrected chi connectivity index (χ1v) is 4.89. The lowest BCUT2D eigenvalue weighted by Gasteiger charge is -2.40. The van der Waals surface area contributed by atoms with E-state index in [1.54, 1.807) is 0 Å². The Labute approximate surface area is 66.2 Å². The highest BCUT2D eigenvalue weighted by Crippen LogP contribution is 2.74. The molecule has 6 aliphatic rings. The molecule has 0 heterocycles. The molecular formula is C10H12O. The minimum Gasteiger partial charge on any atom is -0.299 e. The van der Waals surface area contributed by atoms with Crippen molar-refractivity contribution in [3.8, 4) is 0 Å². The molecule has 6 fully saturated rings. The Morgan fingerprint density at radius 3 is 2.64 bits per heavy atom. The molecule has 0 amide bonds. The van der Waals surface area contributed by atoms with Crippen LogP contribution < -0.4 is 0 Å². The Bertz CT molecular complexity index is 254. The molecule has 0 aromatic rings. The van der Waals surface area contributed by atoms with Gasteiger partial charge in [-0.15, -0.1) is 0 Å². The smallest absolute Gasteiger partial charge is 0.136 e. The monoisotopic (exact) mass is 148 g/mol. The third-order valence-electron chi connectivity index (χ3n) is 4.77. The Balaban J connectivity index is 1.91. The van der Waals surface area contributed by atoms with E-state index >= 15 is 0 Å². The van der Waals surface area contributed by atoms with Gasteiger partial charge in [0.2, 0.25) is 0 Å². The van der Waals surface area contributed by atoms with Crippen molar-refractivity contribution in [2.75, 3.05) is 0 Å². The fourth-order valence-corrected chi connectivity index (χ4v) is 4.60. The Morgan fingerprint density at radius 1 is 1.09 bits per heavy atom. The fraction of sp³-hybridized carbons (Fsp3) is 0.900. The van der Waals surface area contributed by atoms with Crippen molar-refractivity contribution in [3.05, 3.63) is 0 Å². The van der Waals surface area contributed by atoms with E-state index in [9.17, 15) is 4.79 Å². The highest BCUT2D eigenvalue weighted by molar-refractivity contribution is 5.85. The van der Waals surface area contributed by atoms with Crippen LogP contribution in [0.2, 0.25) is 0 Å². The molecule has 11 heavy (non-hydrogen) atoms. The maximum Gasteiger partial charge on any atom is 0.136 e. The number of rotatable bonds is 0. The number of fused-ring (bicyclic) bond motifs is 1. The van der Waals surface area contributed by atoms with Crippen LogP contribution in [-0.4, -0.2) is 5.78 Å². The Hall–Kier alpha value is -0.330. The first kappa shape index (κ1) is 5.34. The van der Waals surface area contributed by atoms with E-state index < -0.39 is 0 Å². The zero-order valence-corrected chi connectivity index (χ0v) is 6.49. The van der Waals surface area contributed by atoms with Crippen molar-refractivity contribution in [1.29, 1.82) is 0 Å². The zero-order valence-electron chi connectivity index (χ0n) is 6.49. The highest BCUT2D eigenvalue weighted by atomic mass is 16.1. The van der Waals surface area contributed by atoms with Crippen molar-refractivity contribution in [3.63, 3.8) is 0 Å². The summed E-state index contributed by atoms with van der Waals surface area (Å²) < 4.78 is 0. The average Bonchev–Trinajstić information content (AvgIpc) is 2.58. The summed E-state index contributed by atoms with van der Waals surface area (Å²) in [6.07, 6.45) is 3.79. The number of carbonyl (C=O) groups is 1. The van der Waals surface area contributed by atoms with Crippen molar-refractivity contribution < 1.29 is 4.79 Å². The van der Waals surface area contributed by atoms with Gasteiger partial charge in [-0.05, 0) is 42.4 Å². The molecule has 6 saturated carbocycles. The van der Waals surface area contributed by atoms with Crippen molar-refractivity contribution in [2.45, 2.75) is 19.3 Å². The molecule has 6 rings (SSSR count). The second-order valence-corrected chi connectivity index (χ2v) is 5.01. The van der Waals surface area contributed by atoms with Crippen LogP contribution in [0.15, 0.2) is 0 Å². The van der Waals surface area contributed by atoms with E-state index in [1.807, 2.05) is 0 Å². The van der Waals surface area contributed by atoms with E-state index in [2.05, 4.69) is 0 Å². The van der Waals surface area contributed by atoms with Crippen LogP contribution in [0.25, 0.3) is 0 Å². The lowest BCUT2D eigenvalue weighted by atomic mass is 9.63. The fourth-order valence-electron chi connectivity index (χ4n) is 4.60. The summed E-state index contributed by atoms with van der Waals surface area (Å²) in [7, 11) is 0. The molecule has 0 aromatic carbocycles. The average molecular weight is 148 g/mol. The number of ketones is 1. The standard InChI is InChI=1S/C10H12O/c11-7-3-5-1-4-2-6-8(5)10(6)9(4)7/h4-6,8-10H,1-3H2. The van der Waals surface area contributed by atoms with Gasteiger partial charge in [0.25, 0.3) is 0 Å². The topological polar surface area (TPSA) is 17.1 Å². The minimum absolute atomic E-state index is 0.565. The summed E-state index contributed by atoms with van der Waals surface area (Å²) in [5.74, 6) is 5.85. The quantitative estimate of drug-likeness (QED) is 0.508. The summed E-state index contributed by atoms with van der Waals surface area (Å²) in [6.45, 7) is 0. The minimum atomic E-state index is 0.565. The van der Waals surface area contributed by atoms with Crippen LogP contribution in [0.4, 0.5) is 0 Å². The molecule has 6 unspecified atom stereocenters. The van der Waals surface area contributed by atoms with E-state index in [1.165, 1.54) is 12.8 Å². The van der Waals surface area contributed by atoms with Gasteiger partial charge in [-0.1, -0.05) is 0 Å². The molecule has 0 aromatic heterocycles. The molecule has 0 saturated heterocycles. The van der Waals surface area contributed by atoms with Crippen LogP contribution in [0, 0.1) is 35.5 Å². The van der Waals surface area contributed by atoms with E-state index in [0.29, 0.717) is 11.7 Å². The Morgan fingerprint density at radius 2 is 2.00 bits per heavy atom. The van der Waals surface area contributed by atoms with Gasteiger partial charge in [0.15, 0.2) is 0 Å². The zero-order chi connectivity index (χ0) is 7.16. The molecule has 6 aliphatic carbocycles. The number of hydrogen-bond acceptors (Lipinski definition) is 1. The highest BCUT2D eigenvalue weighted by Gasteiger charge is 2.72. The van der Waals surface area contributed by atoms with Gasteiger partial charge in [0.1, 0.15) is 5.78 Å². The van der Waals surface area contributed by atoms with E-state index in [4.69, 9.17) is 0 Å². The largest absolute Gasteiger partial charge is 0.299 e. The molecule has 6 atom stereocenters. The molecule has 6 bridgehead atoms. The first-order valence-electron chi connectivity index (χ1n) is 4.89. The second kappa shape index (κ2) is 1.30. The normalized spacial score (nSPS) is 68.9. The predicted octanol–water partition coefficient (Wildman–Crippen LogP) is 1.48. The molecule has 0 radical (unpaired) electrons. The number of Topliss-reactive ketones (excluding diaryl/α,β-unsaturated/α-hetero) is 1. The van der Waals surface area contributed by atoms with E-state index in [0.717, 1.165) is 36.0 Å². The summed E-state index contributed by atoms with van der Waals surface area (Å²) in [4.78, 5) is 11.5. The van der Waals surface area contributed by atoms with E-state index in [-0.39, 0.29) is 0 Å². The lowest BCUT2D eigenvalue weighted by Crippen LogP contribution is -2.40. The van der Waals surface area contributed by atoms with Crippen LogP contribution in [-0.2, 0) is 4.79 Å². The molecule has 58 valence electrons. The summed E-state index contributed by atoms with van der Waals surface area (Å²) >= 11 is 0. The van der Waals surface area contributed by atoms with Gasteiger partial charge in [0, 0.05) is 12.3 Å². The Kier molecular flexibility index (Phi) is 0.630. The SMILES string of the molecule is O=C1CC2CC3CC4C2C4C13. The molecule has 0 N–H and O–H groups in total. The molecule has 0 aliphatic heterocycles. The summed E-state index contributed by atoms with van der Waals surface area (Å²) in [6, 6.07) is 0. The van der Waals surface area contributed by atoms with Gasteiger partial charge in [0.05, 0.1) is 0 Å². The molecule has 1 nitrogen and oxygen atoms in total. The van der Waals surface area contributed by atoms with Crippen LogP contribution in [0.5, 0.6) is 0 Å². The lowest BCUT2D eigenvalue weighted by molar-refractivity contribution is -0.132. The van der Waals surface area contributed by atoms with Gasteiger partial charge in [-0.3, -0.25) is 4.79 Å². The summed E-state index contributed by atoms with van der Waals surface area (Å²) in [5.41, 5.74) is 0. The van der Waals surface area contributed by atoms with Gasteiger partial charge in [-0.25, -0.2) is 0 Å². The van der Waals surface area contributed by atoms with Gasteiger partial charge in [-0.2, -0.15) is 0 Å². The number of hydrogen-bond donors (Lipinski definition) is 0. The molecule has 1 heteroatoms. The second-order valence-electron chi connectivity index (χ2n) is 5.01. The van der Waals surface area contributed by atoms with Gasteiger partial charge >= 0.3 is 0 Å². The number of carbonyl (C=O) groups excluding carboxylic acids is 1. The third kappa shape index (κ3) is 0.401. The van der Waals surface area contributed by atoms with Crippen molar-refractivity contribution >= 4 is 5.78 Å². The van der Waals surface area contributed by atoms with Crippen molar-refractivity contribution in [2.24, 2.45) is 35.5 Å². The molecule has 0 spiro atoms. The van der Waals surface area contributed by atoms with Gasteiger partial charge < -0.3 is 0 Å². The van der Waals surface area contributed by atoms with Crippen LogP contribution >= 0.6 is 0 Å². The predicted molar refractivity (Wildman–Crippen MR) is 39.8 cm³/mol. The maximum atomic E-state index is 11.5. The van der Waals surface area contributed by atoms with Crippen molar-refractivity contribution in [1.82, 2.24) is 0 Å². The first-order chi connectivity index (χ1) is 5.36. The maximum absolute atomic E-state index is 11.5. The molecular weight excluding hydrogens is 136 g/mol.